The summed E-state index contributed by atoms with van der Waals surface area (Å²) in [7, 11) is 1.63. The van der Waals surface area contributed by atoms with E-state index in [-0.39, 0.29) is 12.3 Å². The number of benzene rings is 2. The van der Waals surface area contributed by atoms with Crippen LogP contribution in [0.3, 0.4) is 0 Å². The predicted octanol–water partition coefficient (Wildman–Crippen LogP) is 4.16. The van der Waals surface area contributed by atoms with Gasteiger partial charge >= 0.3 is 0 Å². The molecule has 0 bridgehead atoms. The topological polar surface area (TPSA) is 51.2 Å². The van der Waals surface area contributed by atoms with Crippen LogP contribution in [0.4, 0.5) is 5.13 Å². The number of anilines is 1. The van der Waals surface area contributed by atoms with Gasteiger partial charge in [0.2, 0.25) is 0 Å². The fourth-order valence-corrected chi connectivity index (χ4v) is 3.23. The molecule has 5 heteroatoms. The Kier molecular flexibility index (Phi) is 4.57. The molecule has 4 nitrogen and oxygen atoms in total. The third-order valence-corrected chi connectivity index (χ3v) is 4.66. The van der Waals surface area contributed by atoms with E-state index in [1.807, 2.05) is 42.5 Å². The number of thiazole rings is 1. The van der Waals surface area contributed by atoms with E-state index in [4.69, 9.17) is 4.74 Å². The Bertz CT molecular complexity index is 825. The molecule has 0 saturated heterocycles. The summed E-state index contributed by atoms with van der Waals surface area (Å²) in [6.07, 6.45) is 0.972. The number of ketones is 1. The van der Waals surface area contributed by atoms with Gasteiger partial charge in [-0.1, -0.05) is 48.6 Å². The minimum absolute atomic E-state index is 0.0545. The van der Waals surface area contributed by atoms with Gasteiger partial charge in [-0.3, -0.25) is 4.79 Å². The molecule has 0 spiro atoms. The largest absolute Gasteiger partial charge is 0.494 e. The zero-order valence-corrected chi connectivity index (χ0v) is 13.9. The Morgan fingerprint density at radius 3 is 2.70 bits per heavy atom. The summed E-state index contributed by atoms with van der Waals surface area (Å²) >= 11 is 1.52. The number of nitrogens with zero attached hydrogens (tertiary/aromatic N) is 1. The minimum atomic E-state index is 0.0545. The number of carbonyl (C=O) groups excluding carboxylic acids is 1. The van der Waals surface area contributed by atoms with Crippen molar-refractivity contribution < 1.29 is 9.53 Å². The van der Waals surface area contributed by atoms with E-state index in [0.717, 1.165) is 27.5 Å². The third kappa shape index (κ3) is 3.35. The fraction of sp³-hybridized carbons (Fsp3) is 0.222. The summed E-state index contributed by atoms with van der Waals surface area (Å²) < 4.78 is 6.34. The van der Waals surface area contributed by atoms with Crippen molar-refractivity contribution in [3.05, 3.63) is 53.6 Å². The highest BCUT2D eigenvalue weighted by atomic mass is 32.1. The minimum Gasteiger partial charge on any atom is -0.494 e. The number of para-hydroxylation sites is 1. The van der Waals surface area contributed by atoms with Crippen molar-refractivity contribution in [2.24, 2.45) is 0 Å². The van der Waals surface area contributed by atoms with E-state index in [0.29, 0.717) is 5.56 Å². The lowest BCUT2D eigenvalue weighted by atomic mass is 10.1. The van der Waals surface area contributed by atoms with Crippen molar-refractivity contribution >= 4 is 32.5 Å². The number of aromatic nitrogens is 1. The molecule has 0 aliphatic carbocycles. The van der Waals surface area contributed by atoms with Gasteiger partial charge in [-0.2, -0.15) is 0 Å². The van der Waals surface area contributed by atoms with Gasteiger partial charge < -0.3 is 10.1 Å². The maximum Gasteiger partial charge on any atom is 0.184 e. The second kappa shape index (κ2) is 6.79. The van der Waals surface area contributed by atoms with Crippen molar-refractivity contribution in [1.82, 2.24) is 4.98 Å². The van der Waals surface area contributed by atoms with Crippen molar-refractivity contribution in [2.45, 2.75) is 13.3 Å². The summed E-state index contributed by atoms with van der Waals surface area (Å²) in [5.41, 5.74) is 2.77. The molecule has 0 amide bonds. The van der Waals surface area contributed by atoms with E-state index in [2.05, 4.69) is 17.2 Å². The quantitative estimate of drug-likeness (QED) is 0.691. The maximum atomic E-state index is 12.2. The first-order valence-electron chi connectivity index (χ1n) is 7.51. The molecule has 23 heavy (non-hydrogen) atoms. The highest BCUT2D eigenvalue weighted by Crippen LogP contribution is 2.31. The van der Waals surface area contributed by atoms with Crippen LogP contribution in [0.25, 0.3) is 10.2 Å². The van der Waals surface area contributed by atoms with Gasteiger partial charge in [0, 0.05) is 5.56 Å². The summed E-state index contributed by atoms with van der Waals surface area (Å²) in [6.45, 7) is 2.33. The molecule has 0 unspecified atom stereocenters. The highest BCUT2D eigenvalue weighted by Gasteiger charge is 2.10. The molecule has 0 saturated carbocycles. The standard InChI is InChI=1S/C18H18N2O2S/c1-3-12-7-9-13(10-8-12)14(21)11-19-18-20-17-15(22-2)5-4-6-16(17)23-18/h4-10H,3,11H2,1-2H3,(H,19,20). The van der Waals surface area contributed by atoms with Crippen LogP contribution < -0.4 is 10.1 Å². The van der Waals surface area contributed by atoms with Crippen LogP contribution in [-0.4, -0.2) is 24.4 Å². The molecule has 2 aromatic carbocycles. The van der Waals surface area contributed by atoms with E-state index in [1.54, 1.807) is 7.11 Å². The number of hydrogen-bond acceptors (Lipinski definition) is 5. The van der Waals surface area contributed by atoms with E-state index < -0.39 is 0 Å². The number of nitrogens with one attached hydrogen (secondary N) is 1. The van der Waals surface area contributed by atoms with Crippen molar-refractivity contribution in [3.8, 4) is 5.75 Å². The zero-order chi connectivity index (χ0) is 16.2. The van der Waals surface area contributed by atoms with Gasteiger partial charge in [0.15, 0.2) is 10.9 Å². The lowest BCUT2D eigenvalue weighted by Gasteiger charge is -2.03. The van der Waals surface area contributed by atoms with Gasteiger partial charge in [0.1, 0.15) is 11.3 Å². The summed E-state index contributed by atoms with van der Waals surface area (Å²) in [5, 5.41) is 3.84. The molecule has 0 radical (unpaired) electrons. The van der Waals surface area contributed by atoms with Crippen LogP contribution in [0.15, 0.2) is 42.5 Å². The van der Waals surface area contributed by atoms with Gasteiger partial charge in [-0.15, -0.1) is 0 Å². The molecule has 0 fully saturated rings. The van der Waals surface area contributed by atoms with Crippen LogP contribution in [-0.2, 0) is 6.42 Å². The van der Waals surface area contributed by atoms with Crippen LogP contribution in [0.5, 0.6) is 5.75 Å². The van der Waals surface area contributed by atoms with E-state index >= 15 is 0 Å². The fourth-order valence-electron chi connectivity index (χ4n) is 2.35. The number of rotatable bonds is 6. The Morgan fingerprint density at radius 1 is 1.22 bits per heavy atom. The van der Waals surface area contributed by atoms with Crippen molar-refractivity contribution in [3.63, 3.8) is 0 Å². The Hall–Kier alpha value is -2.40. The second-order valence-corrected chi connectivity index (χ2v) is 6.18. The molecule has 3 aromatic rings. The number of methoxy groups -OCH3 is 1. The highest BCUT2D eigenvalue weighted by molar-refractivity contribution is 7.22. The van der Waals surface area contributed by atoms with Crippen molar-refractivity contribution in [2.75, 3.05) is 19.0 Å². The first-order chi connectivity index (χ1) is 11.2. The van der Waals surface area contributed by atoms with E-state index in [9.17, 15) is 4.79 Å². The maximum absolute atomic E-state index is 12.2. The first-order valence-corrected chi connectivity index (χ1v) is 8.32. The molecule has 118 valence electrons. The lowest BCUT2D eigenvalue weighted by Crippen LogP contribution is -2.13. The summed E-state index contributed by atoms with van der Waals surface area (Å²) in [5.74, 6) is 0.798. The number of Topliss-reactive ketones (excluding diaryl/α,β-unsaturated/α-hetero) is 1. The number of ether oxygens (including phenoxy) is 1. The Labute approximate surface area is 139 Å². The normalized spacial score (nSPS) is 10.7. The van der Waals surface area contributed by atoms with Gasteiger partial charge in [0.25, 0.3) is 0 Å². The first kappa shape index (κ1) is 15.5. The number of carbonyl (C=O) groups is 1. The number of aryl methyl sites for hydroxylation is 1. The molecule has 0 aliphatic rings. The van der Waals surface area contributed by atoms with Gasteiger partial charge in [-0.05, 0) is 24.1 Å². The molecule has 1 N–H and O–H groups in total. The Balaban J connectivity index is 1.71. The molecule has 3 rings (SSSR count). The van der Waals surface area contributed by atoms with E-state index in [1.165, 1.54) is 16.9 Å². The predicted molar refractivity (Wildman–Crippen MR) is 94.8 cm³/mol. The average Bonchev–Trinajstić information content (AvgIpc) is 3.02. The van der Waals surface area contributed by atoms with Gasteiger partial charge in [0.05, 0.1) is 18.4 Å². The van der Waals surface area contributed by atoms with Gasteiger partial charge in [-0.25, -0.2) is 4.98 Å². The van der Waals surface area contributed by atoms with Crippen LogP contribution >= 0.6 is 11.3 Å². The molecular weight excluding hydrogens is 308 g/mol. The molecule has 1 aromatic heterocycles. The lowest BCUT2D eigenvalue weighted by molar-refractivity contribution is 0.101. The third-order valence-electron chi connectivity index (χ3n) is 3.69. The molecule has 0 aliphatic heterocycles. The number of fused-ring (bicyclic) bond motifs is 1. The second-order valence-electron chi connectivity index (χ2n) is 5.15. The molecule has 0 atom stereocenters. The molecular formula is C18H18N2O2S. The molecule has 1 heterocycles. The smallest absolute Gasteiger partial charge is 0.184 e. The van der Waals surface area contributed by atoms with Crippen molar-refractivity contribution in [1.29, 1.82) is 0 Å². The Morgan fingerprint density at radius 2 is 2.00 bits per heavy atom. The average molecular weight is 326 g/mol. The van der Waals surface area contributed by atoms with Crippen LogP contribution in [0.1, 0.15) is 22.8 Å². The SMILES string of the molecule is CCc1ccc(C(=O)CNc2nc3c(OC)cccc3s2)cc1. The monoisotopic (exact) mass is 326 g/mol. The summed E-state index contributed by atoms with van der Waals surface area (Å²) in [4.78, 5) is 16.8. The van der Waals surface area contributed by atoms with Crippen LogP contribution in [0, 0.1) is 0 Å². The summed E-state index contributed by atoms with van der Waals surface area (Å²) in [6, 6.07) is 13.6. The zero-order valence-electron chi connectivity index (χ0n) is 13.1. The number of hydrogen-bond donors (Lipinski definition) is 1. The van der Waals surface area contributed by atoms with Crippen LogP contribution in [0.2, 0.25) is 0 Å².